The van der Waals surface area contributed by atoms with Crippen molar-refractivity contribution in [2.75, 3.05) is 25.6 Å². The average molecular weight is 422 g/mol. The van der Waals surface area contributed by atoms with Gasteiger partial charge in [0, 0.05) is 5.69 Å². The van der Waals surface area contributed by atoms with Gasteiger partial charge in [0.15, 0.2) is 18.1 Å². The zero-order valence-electron chi connectivity index (χ0n) is 18.1. The molecule has 0 aliphatic rings. The van der Waals surface area contributed by atoms with Crippen LogP contribution in [0, 0.1) is 11.3 Å². The van der Waals surface area contributed by atoms with Crippen molar-refractivity contribution in [3.8, 4) is 17.6 Å². The number of anilines is 1. The number of hydrogen-bond donors (Lipinski definition) is 1. The Bertz CT molecular complexity index is 988. The maximum absolute atomic E-state index is 12.5. The van der Waals surface area contributed by atoms with E-state index >= 15 is 0 Å². The Kier molecular flexibility index (Phi) is 8.64. The van der Waals surface area contributed by atoms with Crippen LogP contribution in [-0.4, -0.2) is 32.2 Å². The maximum Gasteiger partial charge on any atom is 0.344 e. The van der Waals surface area contributed by atoms with Crippen LogP contribution in [0.2, 0.25) is 0 Å². The summed E-state index contributed by atoms with van der Waals surface area (Å²) >= 11 is 0. The number of benzene rings is 2. The number of rotatable bonds is 9. The number of amides is 1. The molecule has 0 saturated heterocycles. The Labute approximate surface area is 182 Å². The van der Waals surface area contributed by atoms with Gasteiger partial charge in [-0.3, -0.25) is 4.79 Å². The first kappa shape index (κ1) is 23.5. The summed E-state index contributed by atoms with van der Waals surface area (Å²) in [4.78, 5) is 24.0. The highest BCUT2D eigenvalue weighted by molar-refractivity contribution is 6.09. The van der Waals surface area contributed by atoms with Crippen LogP contribution in [0.3, 0.4) is 0 Å². The van der Waals surface area contributed by atoms with E-state index in [1.54, 1.807) is 37.3 Å². The van der Waals surface area contributed by atoms with Crippen LogP contribution in [0.1, 0.15) is 37.8 Å². The summed E-state index contributed by atoms with van der Waals surface area (Å²) < 4.78 is 15.5. The van der Waals surface area contributed by atoms with Crippen molar-refractivity contribution < 1.29 is 23.8 Å². The molecule has 0 saturated carbocycles. The lowest BCUT2D eigenvalue weighted by Crippen LogP contribution is -2.15. The molecule has 0 aliphatic heterocycles. The predicted molar refractivity (Wildman–Crippen MR) is 118 cm³/mol. The molecule has 0 heterocycles. The molecular weight excluding hydrogens is 396 g/mol. The number of hydrogen-bond acceptors (Lipinski definition) is 6. The van der Waals surface area contributed by atoms with Gasteiger partial charge in [-0.2, -0.15) is 5.26 Å². The van der Waals surface area contributed by atoms with Crippen molar-refractivity contribution in [3.05, 3.63) is 59.2 Å². The molecule has 0 radical (unpaired) electrons. The minimum atomic E-state index is -0.513. The molecule has 2 aromatic rings. The number of methoxy groups -OCH3 is 1. The summed E-state index contributed by atoms with van der Waals surface area (Å²) in [6.07, 6.45) is 1.45. The van der Waals surface area contributed by atoms with Crippen molar-refractivity contribution in [3.63, 3.8) is 0 Å². The quantitative estimate of drug-likeness (QED) is 0.367. The first-order valence-electron chi connectivity index (χ1n) is 9.87. The molecule has 0 atom stereocenters. The molecule has 162 valence electrons. The van der Waals surface area contributed by atoms with Crippen LogP contribution in [0.5, 0.6) is 11.5 Å². The molecule has 0 aliphatic carbocycles. The zero-order chi connectivity index (χ0) is 22.8. The van der Waals surface area contributed by atoms with E-state index in [0.717, 1.165) is 5.56 Å². The average Bonchev–Trinajstić information content (AvgIpc) is 2.76. The van der Waals surface area contributed by atoms with Gasteiger partial charge in [0.1, 0.15) is 11.6 Å². The summed E-state index contributed by atoms with van der Waals surface area (Å²) in [5.41, 5.74) is 2.28. The van der Waals surface area contributed by atoms with E-state index in [1.807, 2.05) is 18.2 Å². The summed E-state index contributed by atoms with van der Waals surface area (Å²) in [7, 11) is 1.46. The molecule has 1 amide bonds. The zero-order valence-corrected chi connectivity index (χ0v) is 18.1. The van der Waals surface area contributed by atoms with Crippen molar-refractivity contribution in [1.82, 2.24) is 0 Å². The Morgan fingerprint density at radius 2 is 1.84 bits per heavy atom. The van der Waals surface area contributed by atoms with Crippen LogP contribution < -0.4 is 14.8 Å². The van der Waals surface area contributed by atoms with E-state index in [2.05, 4.69) is 19.2 Å². The number of carbonyl (C=O) groups is 2. The van der Waals surface area contributed by atoms with Gasteiger partial charge >= 0.3 is 5.97 Å². The lowest BCUT2D eigenvalue weighted by atomic mass is 10.0. The van der Waals surface area contributed by atoms with Gasteiger partial charge in [0.05, 0.1) is 13.7 Å². The number of nitrogens with one attached hydrogen (secondary N) is 1. The van der Waals surface area contributed by atoms with Gasteiger partial charge in [-0.15, -0.1) is 0 Å². The standard InChI is InChI=1S/C24H26N2O5/c1-5-30-23(27)15-31-21-11-6-17(13-22(21)29-4)12-19(14-25)24(28)26-20-9-7-18(8-10-20)16(2)3/h6-13,16H,5,15H2,1-4H3,(H,26,28). The van der Waals surface area contributed by atoms with Crippen molar-refractivity contribution >= 4 is 23.6 Å². The lowest BCUT2D eigenvalue weighted by Gasteiger charge is -2.11. The number of nitriles is 1. The summed E-state index contributed by atoms with van der Waals surface area (Å²) in [6, 6.07) is 14.3. The molecule has 0 spiro atoms. The molecule has 0 bridgehead atoms. The van der Waals surface area contributed by atoms with Crippen molar-refractivity contribution in [1.29, 1.82) is 5.26 Å². The van der Waals surface area contributed by atoms with Crippen LogP contribution in [0.25, 0.3) is 6.08 Å². The maximum atomic E-state index is 12.5. The van der Waals surface area contributed by atoms with Gasteiger partial charge in [0.25, 0.3) is 5.91 Å². The fourth-order valence-corrected chi connectivity index (χ4v) is 2.70. The molecule has 0 aromatic heterocycles. The highest BCUT2D eigenvalue weighted by Gasteiger charge is 2.12. The fraction of sp³-hybridized carbons (Fsp3) is 0.292. The Morgan fingerprint density at radius 1 is 1.13 bits per heavy atom. The SMILES string of the molecule is CCOC(=O)COc1ccc(C=C(C#N)C(=O)Nc2ccc(C(C)C)cc2)cc1OC. The van der Waals surface area contributed by atoms with Gasteiger partial charge in [0.2, 0.25) is 0 Å². The predicted octanol–water partition coefficient (Wildman–Crippen LogP) is 4.31. The van der Waals surface area contributed by atoms with E-state index in [9.17, 15) is 14.9 Å². The summed E-state index contributed by atoms with van der Waals surface area (Å²) in [6.45, 7) is 5.91. The second kappa shape index (κ2) is 11.4. The number of carbonyl (C=O) groups excluding carboxylic acids is 2. The Balaban J connectivity index is 2.14. The molecule has 2 rings (SSSR count). The molecule has 1 N–H and O–H groups in total. The second-order valence-corrected chi connectivity index (χ2v) is 6.90. The minimum absolute atomic E-state index is 0.0600. The van der Waals surface area contributed by atoms with Gasteiger partial charge in [-0.1, -0.05) is 32.0 Å². The minimum Gasteiger partial charge on any atom is -0.493 e. The first-order chi connectivity index (χ1) is 14.9. The van der Waals surface area contributed by atoms with Crippen molar-refractivity contribution in [2.45, 2.75) is 26.7 Å². The largest absolute Gasteiger partial charge is 0.493 e. The van der Waals surface area contributed by atoms with E-state index < -0.39 is 11.9 Å². The molecule has 0 unspecified atom stereocenters. The fourth-order valence-electron chi connectivity index (χ4n) is 2.70. The second-order valence-electron chi connectivity index (χ2n) is 6.90. The van der Waals surface area contributed by atoms with E-state index in [1.165, 1.54) is 13.2 Å². The third kappa shape index (κ3) is 6.89. The van der Waals surface area contributed by atoms with Crippen LogP contribution in [0.15, 0.2) is 48.0 Å². The number of ether oxygens (including phenoxy) is 3. The monoisotopic (exact) mass is 422 g/mol. The Morgan fingerprint density at radius 3 is 2.42 bits per heavy atom. The van der Waals surface area contributed by atoms with E-state index in [-0.39, 0.29) is 18.8 Å². The first-order valence-corrected chi connectivity index (χ1v) is 9.87. The van der Waals surface area contributed by atoms with Crippen molar-refractivity contribution in [2.24, 2.45) is 0 Å². The third-order valence-electron chi connectivity index (χ3n) is 4.35. The van der Waals surface area contributed by atoms with Crippen LogP contribution in [0.4, 0.5) is 5.69 Å². The normalized spacial score (nSPS) is 10.9. The number of nitrogens with zero attached hydrogens (tertiary/aromatic N) is 1. The van der Waals surface area contributed by atoms with Gasteiger partial charge < -0.3 is 19.5 Å². The van der Waals surface area contributed by atoms with Gasteiger partial charge in [-0.25, -0.2) is 4.79 Å². The van der Waals surface area contributed by atoms with Gasteiger partial charge in [-0.05, 0) is 54.3 Å². The summed E-state index contributed by atoms with van der Waals surface area (Å²) in [5.74, 6) is 0.0965. The third-order valence-corrected chi connectivity index (χ3v) is 4.35. The van der Waals surface area contributed by atoms with Crippen LogP contribution in [-0.2, 0) is 14.3 Å². The smallest absolute Gasteiger partial charge is 0.344 e. The van der Waals surface area contributed by atoms with Crippen LogP contribution >= 0.6 is 0 Å². The lowest BCUT2D eigenvalue weighted by molar-refractivity contribution is -0.145. The Hall–Kier alpha value is -3.79. The molecule has 0 fully saturated rings. The summed E-state index contributed by atoms with van der Waals surface area (Å²) in [5, 5.41) is 12.2. The number of esters is 1. The molecular formula is C24H26N2O5. The molecule has 31 heavy (non-hydrogen) atoms. The highest BCUT2D eigenvalue weighted by Crippen LogP contribution is 2.29. The molecule has 2 aromatic carbocycles. The topological polar surface area (TPSA) is 97.7 Å². The highest BCUT2D eigenvalue weighted by atomic mass is 16.6. The molecule has 7 nitrogen and oxygen atoms in total. The van der Waals surface area contributed by atoms with E-state index in [0.29, 0.717) is 28.7 Å². The van der Waals surface area contributed by atoms with E-state index in [4.69, 9.17) is 14.2 Å². The molecule has 7 heteroatoms.